The molecule has 0 spiro atoms. The van der Waals surface area contributed by atoms with E-state index in [1.165, 1.54) is 0 Å². The van der Waals surface area contributed by atoms with Gasteiger partial charge in [-0.3, -0.25) is 9.59 Å². The Morgan fingerprint density at radius 1 is 1.15 bits per heavy atom. The molecular weight excluding hydrogens is 276 g/mol. The quantitative estimate of drug-likeness (QED) is 0.486. The van der Waals surface area contributed by atoms with Crippen molar-refractivity contribution in [3.05, 3.63) is 34.9 Å². The third kappa shape index (κ3) is 2.14. The van der Waals surface area contributed by atoms with Crippen LogP contribution in [0, 0.1) is 5.41 Å². The lowest BCUT2D eigenvalue weighted by molar-refractivity contribution is -0.177. The van der Waals surface area contributed by atoms with E-state index in [0.29, 0.717) is 23.6 Å². The molecule has 2 rings (SSSR count). The Balaban J connectivity index is 2.23. The van der Waals surface area contributed by atoms with E-state index < -0.39 is 5.41 Å². The normalized spacial score (nSPS) is 18.2. The molecule has 1 aliphatic rings. The van der Waals surface area contributed by atoms with Crippen molar-refractivity contribution in [2.45, 2.75) is 33.6 Å². The molecule has 1 heterocycles. The van der Waals surface area contributed by atoms with Crippen molar-refractivity contribution in [1.29, 1.82) is 0 Å². The van der Waals surface area contributed by atoms with E-state index in [2.05, 4.69) is 5.10 Å². The van der Waals surface area contributed by atoms with Crippen molar-refractivity contribution in [2.75, 3.05) is 0 Å². The summed E-state index contributed by atoms with van der Waals surface area (Å²) in [5.41, 5.74) is 0.591. The van der Waals surface area contributed by atoms with Crippen LogP contribution in [0.5, 0.6) is 0 Å². The average molecular weight is 293 g/mol. The summed E-state index contributed by atoms with van der Waals surface area (Å²) >= 11 is 5.82. The molecular formula is C15H17ClN2O2. The first kappa shape index (κ1) is 14.7. The topological polar surface area (TPSA) is 49.7 Å². The van der Waals surface area contributed by atoms with Gasteiger partial charge in [-0.2, -0.15) is 10.1 Å². The van der Waals surface area contributed by atoms with Gasteiger partial charge in [0.05, 0.1) is 5.71 Å². The van der Waals surface area contributed by atoms with Gasteiger partial charge in [-0.25, -0.2) is 0 Å². The van der Waals surface area contributed by atoms with E-state index in [-0.39, 0.29) is 11.8 Å². The van der Waals surface area contributed by atoms with E-state index in [1.807, 2.05) is 26.0 Å². The summed E-state index contributed by atoms with van der Waals surface area (Å²) in [6.45, 7) is 5.47. The molecule has 0 aliphatic carbocycles. The summed E-state index contributed by atoms with van der Waals surface area (Å²) in [5.74, 6) is -0.415. The van der Waals surface area contributed by atoms with Crippen molar-refractivity contribution in [3.63, 3.8) is 0 Å². The van der Waals surface area contributed by atoms with Crippen LogP contribution in [0.3, 0.4) is 0 Å². The van der Waals surface area contributed by atoms with Crippen LogP contribution < -0.4 is 0 Å². The Labute approximate surface area is 123 Å². The molecule has 5 heteroatoms. The van der Waals surface area contributed by atoms with Gasteiger partial charge in [0, 0.05) is 5.02 Å². The van der Waals surface area contributed by atoms with Crippen LogP contribution >= 0.6 is 11.6 Å². The summed E-state index contributed by atoms with van der Waals surface area (Å²) < 4.78 is 0. The lowest BCUT2D eigenvalue weighted by Crippen LogP contribution is -2.63. The van der Waals surface area contributed by atoms with Gasteiger partial charge in [0.2, 0.25) is 0 Å². The van der Waals surface area contributed by atoms with Crippen molar-refractivity contribution >= 4 is 29.1 Å². The molecule has 1 aromatic carbocycles. The molecule has 20 heavy (non-hydrogen) atoms. The van der Waals surface area contributed by atoms with Crippen LogP contribution in [0.4, 0.5) is 0 Å². The summed E-state index contributed by atoms with van der Waals surface area (Å²) in [6, 6.07) is 7.11. The summed E-state index contributed by atoms with van der Waals surface area (Å²) in [7, 11) is 0. The predicted molar refractivity (Wildman–Crippen MR) is 78.5 cm³/mol. The Morgan fingerprint density at radius 3 is 2.10 bits per heavy atom. The second-order valence-corrected chi connectivity index (χ2v) is 5.34. The number of hydrogen-bond acceptors (Lipinski definition) is 3. The Kier molecular flexibility index (Phi) is 3.95. The zero-order valence-corrected chi connectivity index (χ0v) is 12.6. The van der Waals surface area contributed by atoms with Crippen molar-refractivity contribution in [1.82, 2.24) is 5.01 Å². The fraction of sp³-hybridized carbons (Fsp3) is 0.400. The van der Waals surface area contributed by atoms with Gasteiger partial charge in [0.15, 0.2) is 0 Å². The number of benzene rings is 1. The van der Waals surface area contributed by atoms with Gasteiger partial charge in [0.1, 0.15) is 5.41 Å². The molecule has 0 atom stereocenters. The number of hydrazone groups is 1. The van der Waals surface area contributed by atoms with E-state index in [4.69, 9.17) is 11.6 Å². The highest BCUT2D eigenvalue weighted by Gasteiger charge is 2.59. The number of amides is 2. The van der Waals surface area contributed by atoms with Crippen LogP contribution in [0.1, 0.15) is 39.2 Å². The average Bonchev–Trinajstić information content (AvgIpc) is 2.46. The van der Waals surface area contributed by atoms with E-state index in [0.717, 1.165) is 10.6 Å². The standard InChI is InChI=1S/C15H17ClN2O2/c1-4-15(5-2)13(19)18(14(15)20)17-10(3)11-6-8-12(16)9-7-11/h6-9H,4-5H2,1-3H3/b17-10+. The highest BCUT2D eigenvalue weighted by atomic mass is 35.5. The molecule has 0 aromatic heterocycles. The minimum atomic E-state index is -0.857. The minimum Gasteiger partial charge on any atom is -0.271 e. The van der Waals surface area contributed by atoms with E-state index in [1.54, 1.807) is 19.1 Å². The maximum atomic E-state index is 12.2. The summed E-state index contributed by atoms with van der Waals surface area (Å²) in [4.78, 5) is 24.3. The Bertz CT molecular complexity index is 556. The highest BCUT2D eigenvalue weighted by Crippen LogP contribution is 2.40. The fourth-order valence-electron chi connectivity index (χ4n) is 2.38. The third-order valence-electron chi connectivity index (χ3n) is 3.92. The van der Waals surface area contributed by atoms with Crippen LogP contribution in [0.2, 0.25) is 5.02 Å². The Hall–Kier alpha value is -1.68. The molecule has 1 aliphatic heterocycles. The lowest BCUT2D eigenvalue weighted by Gasteiger charge is -2.42. The molecule has 106 valence electrons. The second-order valence-electron chi connectivity index (χ2n) is 4.90. The molecule has 0 saturated carbocycles. The zero-order valence-electron chi connectivity index (χ0n) is 11.8. The SMILES string of the molecule is CCC1(CC)C(=O)N(/N=C(\C)c2ccc(Cl)cc2)C1=O. The van der Waals surface area contributed by atoms with Gasteiger partial charge in [-0.05, 0) is 37.5 Å². The maximum absolute atomic E-state index is 12.2. The number of rotatable bonds is 4. The number of nitrogens with zero attached hydrogens (tertiary/aromatic N) is 2. The van der Waals surface area contributed by atoms with E-state index >= 15 is 0 Å². The maximum Gasteiger partial charge on any atom is 0.265 e. The van der Waals surface area contributed by atoms with Crippen LogP contribution in [0.15, 0.2) is 29.4 Å². The highest BCUT2D eigenvalue weighted by molar-refractivity contribution is 6.30. The first-order chi connectivity index (χ1) is 9.46. The number of carbonyl (C=O) groups is 2. The van der Waals surface area contributed by atoms with Crippen LogP contribution in [-0.2, 0) is 9.59 Å². The molecule has 2 amide bonds. The minimum absolute atomic E-state index is 0.208. The number of hydrogen-bond donors (Lipinski definition) is 0. The summed E-state index contributed by atoms with van der Waals surface area (Å²) in [6.07, 6.45) is 1.04. The number of carbonyl (C=O) groups excluding carboxylic acids is 2. The molecule has 0 radical (unpaired) electrons. The molecule has 1 aromatic rings. The van der Waals surface area contributed by atoms with Gasteiger partial charge in [0.25, 0.3) is 11.8 Å². The van der Waals surface area contributed by atoms with Crippen molar-refractivity contribution in [2.24, 2.45) is 10.5 Å². The molecule has 1 saturated heterocycles. The van der Waals surface area contributed by atoms with Gasteiger partial charge in [-0.15, -0.1) is 0 Å². The van der Waals surface area contributed by atoms with Crippen molar-refractivity contribution < 1.29 is 9.59 Å². The smallest absolute Gasteiger partial charge is 0.265 e. The summed E-state index contributed by atoms with van der Waals surface area (Å²) in [5, 5.41) is 5.76. The van der Waals surface area contributed by atoms with Crippen molar-refractivity contribution in [3.8, 4) is 0 Å². The fourth-order valence-corrected chi connectivity index (χ4v) is 2.51. The Morgan fingerprint density at radius 2 is 1.65 bits per heavy atom. The number of imide groups is 1. The first-order valence-corrected chi connectivity index (χ1v) is 7.04. The second kappa shape index (κ2) is 5.37. The number of β-lactam (4-membered cyclic amide) rings is 2. The predicted octanol–water partition coefficient (Wildman–Crippen LogP) is 3.24. The molecule has 4 nitrogen and oxygen atoms in total. The van der Waals surface area contributed by atoms with Gasteiger partial charge in [-0.1, -0.05) is 37.6 Å². The molecule has 0 N–H and O–H groups in total. The largest absolute Gasteiger partial charge is 0.271 e. The molecule has 1 fully saturated rings. The zero-order chi connectivity index (χ0) is 14.9. The van der Waals surface area contributed by atoms with Gasteiger partial charge >= 0.3 is 0 Å². The lowest BCUT2D eigenvalue weighted by atomic mass is 9.74. The molecule has 0 bridgehead atoms. The monoisotopic (exact) mass is 292 g/mol. The van der Waals surface area contributed by atoms with E-state index in [9.17, 15) is 9.59 Å². The van der Waals surface area contributed by atoms with Crippen LogP contribution in [-0.4, -0.2) is 22.5 Å². The molecule has 0 unspecified atom stereocenters. The third-order valence-corrected chi connectivity index (χ3v) is 4.17. The van der Waals surface area contributed by atoms with Crippen LogP contribution in [0.25, 0.3) is 0 Å². The first-order valence-electron chi connectivity index (χ1n) is 6.66. The van der Waals surface area contributed by atoms with Gasteiger partial charge < -0.3 is 0 Å². The number of halogens is 1.